The van der Waals surface area contributed by atoms with Gasteiger partial charge in [-0.3, -0.25) is 5.32 Å². The molecule has 0 heterocycles. The molecule has 0 radical (unpaired) electrons. The molecule has 0 saturated heterocycles. The third-order valence-electron chi connectivity index (χ3n) is 2.18. The van der Waals surface area contributed by atoms with Crippen LogP contribution in [0.5, 0.6) is 5.75 Å². The summed E-state index contributed by atoms with van der Waals surface area (Å²) in [5.41, 5.74) is 0.810. The molecule has 1 N–H and O–H groups in total. The standard InChI is InChI=1S/C14H18N2O3/c1-14(2,3)19-13(17)16-11-7-6-10(9-15-4)12(8-11)18-5/h6-8H,9H2,1-3,5H3,(H,16,17). The number of hydrogen-bond donors (Lipinski definition) is 1. The quantitative estimate of drug-likeness (QED) is 0.849. The Labute approximate surface area is 113 Å². The van der Waals surface area contributed by atoms with E-state index in [-0.39, 0.29) is 6.54 Å². The number of benzene rings is 1. The maximum absolute atomic E-state index is 11.6. The third-order valence-corrected chi connectivity index (χ3v) is 2.18. The van der Waals surface area contributed by atoms with Crippen LogP contribution >= 0.6 is 0 Å². The fraction of sp³-hybridized carbons (Fsp3) is 0.429. The van der Waals surface area contributed by atoms with Gasteiger partial charge < -0.3 is 14.3 Å². The van der Waals surface area contributed by atoms with Crippen LogP contribution in [0, 0.1) is 6.57 Å². The third kappa shape index (κ3) is 4.88. The molecule has 0 aliphatic rings. The summed E-state index contributed by atoms with van der Waals surface area (Å²) in [5.74, 6) is 0.574. The summed E-state index contributed by atoms with van der Waals surface area (Å²) < 4.78 is 10.3. The molecule has 0 spiro atoms. The van der Waals surface area contributed by atoms with Gasteiger partial charge in [-0.25, -0.2) is 11.4 Å². The first-order chi connectivity index (χ1) is 8.85. The van der Waals surface area contributed by atoms with Gasteiger partial charge in [0.15, 0.2) is 0 Å². The zero-order valence-corrected chi connectivity index (χ0v) is 11.6. The average Bonchev–Trinajstić information content (AvgIpc) is 2.28. The first-order valence-corrected chi connectivity index (χ1v) is 5.86. The highest BCUT2D eigenvalue weighted by Gasteiger charge is 2.16. The van der Waals surface area contributed by atoms with Crippen molar-refractivity contribution < 1.29 is 14.3 Å². The summed E-state index contributed by atoms with van der Waals surface area (Å²) in [7, 11) is 1.53. The van der Waals surface area contributed by atoms with Gasteiger partial charge in [0.2, 0.25) is 6.54 Å². The van der Waals surface area contributed by atoms with E-state index in [0.29, 0.717) is 11.4 Å². The van der Waals surface area contributed by atoms with Crippen molar-refractivity contribution >= 4 is 11.8 Å². The van der Waals surface area contributed by atoms with E-state index in [1.54, 1.807) is 39.0 Å². The minimum Gasteiger partial charge on any atom is -0.496 e. The zero-order valence-electron chi connectivity index (χ0n) is 11.6. The zero-order chi connectivity index (χ0) is 14.5. The Morgan fingerprint density at radius 3 is 2.63 bits per heavy atom. The van der Waals surface area contributed by atoms with Gasteiger partial charge in [-0.15, -0.1) is 0 Å². The van der Waals surface area contributed by atoms with Crippen LogP contribution in [0.3, 0.4) is 0 Å². The Balaban J connectivity index is 2.80. The van der Waals surface area contributed by atoms with Crippen molar-refractivity contribution in [3.8, 4) is 5.75 Å². The van der Waals surface area contributed by atoms with E-state index in [1.807, 2.05) is 0 Å². The van der Waals surface area contributed by atoms with Crippen LogP contribution in [0.4, 0.5) is 10.5 Å². The maximum atomic E-state index is 11.6. The fourth-order valence-corrected chi connectivity index (χ4v) is 1.46. The normalized spacial score (nSPS) is 10.5. The van der Waals surface area contributed by atoms with Crippen LogP contribution < -0.4 is 10.1 Å². The van der Waals surface area contributed by atoms with E-state index < -0.39 is 11.7 Å². The second kappa shape index (κ2) is 6.10. The number of nitrogens with zero attached hydrogens (tertiary/aromatic N) is 1. The van der Waals surface area contributed by atoms with Gasteiger partial charge in [-0.05, 0) is 32.9 Å². The predicted molar refractivity (Wildman–Crippen MR) is 73.2 cm³/mol. The Kier molecular flexibility index (Phi) is 4.76. The number of nitrogens with one attached hydrogen (secondary N) is 1. The summed E-state index contributed by atoms with van der Waals surface area (Å²) in [6.45, 7) is 12.5. The van der Waals surface area contributed by atoms with Crippen LogP contribution in [-0.4, -0.2) is 18.8 Å². The van der Waals surface area contributed by atoms with Crippen molar-refractivity contribution in [2.45, 2.75) is 32.9 Å². The monoisotopic (exact) mass is 262 g/mol. The molecule has 1 aromatic rings. The highest BCUT2D eigenvalue weighted by Crippen LogP contribution is 2.24. The molecular formula is C14H18N2O3. The number of carbonyl (C=O) groups excluding carboxylic acids is 1. The minimum atomic E-state index is -0.543. The highest BCUT2D eigenvalue weighted by molar-refractivity contribution is 5.85. The van der Waals surface area contributed by atoms with E-state index in [2.05, 4.69) is 10.2 Å². The molecule has 5 nitrogen and oxygen atoms in total. The van der Waals surface area contributed by atoms with Crippen LogP contribution in [0.1, 0.15) is 26.3 Å². The molecule has 0 atom stereocenters. The molecule has 0 unspecified atom stereocenters. The Hall–Kier alpha value is -2.22. The Bertz CT molecular complexity index is 498. The highest BCUT2D eigenvalue weighted by atomic mass is 16.6. The van der Waals surface area contributed by atoms with E-state index in [4.69, 9.17) is 16.0 Å². The first-order valence-electron chi connectivity index (χ1n) is 5.86. The fourth-order valence-electron chi connectivity index (χ4n) is 1.46. The Morgan fingerprint density at radius 2 is 2.11 bits per heavy atom. The van der Waals surface area contributed by atoms with Crippen molar-refractivity contribution in [1.82, 2.24) is 0 Å². The molecule has 0 bridgehead atoms. The summed E-state index contributed by atoms with van der Waals surface area (Å²) in [5, 5.41) is 2.62. The SMILES string of the molecule is [C-]#[N+]Cc1ccc(NC(=O)OC(C)(C)C)cc1OC. The van der Waals surface area contributed by atoms with Crippen LogP contribution in [0.2, 0.25) is 0 Å². The number of carbonyl (C=O) groups is 1. The maximum Gasteiger partial charge on any atom is 0.412 e. The average molecular weight is 262 g/mol. The van der Waals surface area contributed by atoms with Crippen molar-refractivity contribution in [3.05, 3.63) is 35.2 Å². The molecule has 5 heteroatoms. The van der Waals surface area contributed by atoms with Crippen molar-refractivity contribution in [2.75, 3.05) is 12.4 Å². The molecular weight excluding hydrogens is 244 g/mol. The number of anilines is 1. The number of hydrogen-bond acceptors (Lipinski definition) is 3. The van der Waals surface area contributed by atoms with Crippen LogP contribution in [0.25, 0.3) is 4.85 Å². The lowest BCUT2D eigenvalue weighted by Gasteiger charge is -2.19. The second-order valence-corrected chi connectivity index (χ2v) is 4.97. The van der Waals surface area contributed by atoms with Gasteiger partial charge in [-0.2, -0.15) is 0 Å². The van der Waals surface area contributed by atoms with E-state index in [1.165, 1.54) is 7.11 Å². The van der Waals surface area contributed by atoms with Gasteiger partial charge >= 0.3 is 6.09 Å². The van der Waals surface area contributed by atoms with E-state index in [0.717, 1.165) is 5.56 Å². The van der Waals surface area contributed by atoms with Crippen molar-refractivity contribution in [3.63, 3.8) is 0 Å². The molecule has 1 rings (SSSR count). The lowest BCUT2D eigenvalue weighted by Crippen LogP contribution is -2.27. The minimum absolute atomic E-state index is 0.246. The predicted octanol–water partition coefficient (Wildman–Crippen LogP) is 3.46. The largest absolute Gasteiger partial charge is 0.496 e. The molecule has 1 aromatic carbocycles. The van der Waals surface area contributed by atoms with Crippen LogP contribution in [0.15, 0.2) is 18.2 Å². The number of methoxy groups -OCH3 is 1. The molecule has 0 aliphatic heterocycles. The van der Waals surface area contributed by atoms with Gasteiger partial charge in [-0.1, -0.05) is 0 Å². The summed E-state index contributed by atoms with van der Waals surface area (Å²) >= 11 is 0. The van der Waals surface area contributed by atoms with Gasteiger partial charge in [0.25, 0.3) is 0 Å². The first kappa shape index (κ1) is 14.8. The summed E-state index contributed by atoms with van der Waals surface area (Å²) in [4.78, 5) is 14.9. The summed E-state index contributed by atoms with van der Waals surface area (Å²) in [6.07, 6.45) is -0.521. The Morgan fingerprint density at radius 1 is 1.42 bits per heavy atom. The van der Waals surface area contributed by atoms with Gasteiger partial charge in [0, 0.05) is 11.8 Å². The number of rotatable bonds is 3. The molecule has 102 valence electrons. The molecule has 0 aliphatic carbocycles. The van der Waals surface area contributed by atoms with Gasteiger partial charge in [0.05, 0.1) is 12.7 Å². The van der Waals surface area contributed by atoms with Crippen LogP contribution in [-0.2, 0) is 11.3 Å². The van der Waals surface area contributed by atoms with Crippen molar-refractivity contribution in [2.24, 2.45) is 0 Å². The lowest BCUT2D eigenvalue weighted by atomic mass is 10.2. The molecule has 19 heavy (non-hydrogen) atoms. The molecule has 0 aromatic heterocycles. The molecule has 0 fully saturated rings. The smallest absolute Gasteiger partial charge is 0.412 e. The van der Waals surface area contributed by atoms with E-state index in [9.17, 15) is 4.79 Å². The van der Waals surface area contributed by atoms with E-state index >= 15 is 0 Å². The summed E-state index contributed by atoms with van der Waals surface area (Å²) in [6, 6.07) is 5.14. The topological polar surface area (TPSA) is 51.9 Å². The second-order valence-electron chi connectivity index (χ2n) is 4.97. The van der Waals surface area contributed by atoms with Crippen molar-refractivity contribution in [1.29, 1.82) is 0 Å². The number of amides is 1. The number of ether oxygens (including phenoxy) is 2. The lowest BCUT2D eigenvalue weighted by molar-refractivity contribution is 0.0636. The van der Waals surface area contributed by atoms with Gasteiger partial charge in [0.1, 0.15) is 11.4 Å². The molecule has 1 amide bonds. The molecule has 0 saturated carbocycles.